The van der Waals surface area contributed by atoms with E-state index in [4.69, 9.17) is 4.42 Å². The summed E-state index contributed by atoms with van der Waals surface area (Å²) in [5.74, 6) is -2.09. The van der Waals surface area contributed by atoms with Crippen molar-refractivity contribution in [3.8, 4) is 0 Å². The highest BCUT2D eigenvalue weighted by Crippen LogP contribution is 2.70. The molecule has 0 aliphatic heterocycles. The average molecular weight is 536 g/mol. The van der Waals surface area contributed by atoms with Crippen LogP contribution in [0.25, 0.3) is 0 Å². The second kappa shape index (κ2) is 9.43. The summed E-state index contributed by atoms with van der Waals surface area (Å²) in [7, 11) is 0. The van der Waals surface area contributed by atoms with Crippen LogP contribution in [0.5, 0.6) is 0 Å². The third kappa shape index (κ3) is 3.99. The Hall–Kier alpha value is -1.81. The molecular weight excluding hydrogens is 500 g/mol. The van der Waals surface area contributed by atoms with Crippen molar-refractivity contribution in [2.24, 2.45) is 34.5 Å². The van der Waals surface area contributed by atoms with E-state index in [0.717, 1.165) is 10.6 Å². The van der Waals surface area contributed by atoms with Crippen molar-refractivity contribution in [2.45, 2.75) is 57.6 Å². The van der Waals surface area contributed by atoms with Gasteiger partial charge in [0.2, 0.25) is 0 Å². The van der Waals surface area contributed by atoms with Gasteiger partial charge in [0.1, 0.15) is 12.0 Å². The van der Waals surface area contributed by atoms with E-state index in [1.165, 1.54) is 36.3 Å². The van der Waals surface area contributed by atoms with Gasteiger partial charge in [0.15, 0.2) is 11.5 Å². The van der Waals surface area contributed by atoms with Crippen molar-refractivity contribution >= 4 is 23.3 Å². The van der Waals surface area contributed by atoms with Gasteiger partial charge in [0.05, 0.1) is 30.9 Å². The van der Waals surface area contributed by atoms with E-state index in [-0.39, 0.29) is 60.7 Å². The molecule has 37 heavy (non-hydrogen) atoms. The molecule has 0 aromatic carbocycles. The Bertz CT molecular complexity index is 1120. The predicted octanol–water partition coefficient (Wildman–Crippen LogP) is 4.56. The lowest BCUT2D eigenvalue weighted by Crippen LogP contribution is -2.68. The molecule has 202 valence electrons. The number of hydrogen-bond donors (Lipinski definition) is 2. The molecule has 9 unspecified atom stereocenters. The zero-order valence-corrected chi connectivity index (χ0v) is 22.2. The topological polar surface area (TPSA) is 91.0 Å². The van der Waals surface area contributed by atoms with Gasteiger partial charge in [-0.05, 0) is 73.5 Å². The Morgan fingerprint density at radius 3 is 2.73 bits per heavy atom. The summed E-state index contributed by atoms with van der Waals surface area (Å²) in [4.78, 5) is 25.5. The molecule has 5 rings (SSSR count). The molecule has 0 bridgehead atoms. The van der Waals surface area contributed by atoms with E-state index in [1.54, 1.807) is 19.3 Å². The fourth-order valence-corrected chi connectivity index (χ4v) is 8.82. The lowest BCUT2D eigenvalue weighted by molar-refractivity contribution is -0.201. The molecule has 6 nitrogen and oxygen atoms in total. The molecule has 1 aromatic rings. The standard InChI is InChI=1S/C28H35F2NO5S/c1-26-11-24(34)28(30)20(10-22(29)21-9-18(32)4-6-27(21,28)2)19(26)8-17(25(26)23(33)15-37-3)13-31(35)12-16-5-7-36-14-16/h4-7,9,14,17,19-20,22,24-25,34-35H,8,10-13,15H2,1-3H3. The summed E-state index contributed by atoms with van der Waals surface area (Å²) in [6.45, 7) is 3.92. The lowest BCUT2D eigenvalue weighted by Gasteiger charge is -2.62. The van der Waals surface area contributed by atoms with E-state index in [2.05, 4.69) is 0 Å². The zero-order chi connectivity index (χ0) is 26.8. The predicted molar refractivity (Wildman–Crippen MR) is 135 cm³/mol. The lowest BCUT2D eigenvalue weighted by atomic mass is 9.45. The molecule has 3 saturated carbocycles. The zero-order valence-electron chi connectivity index (χ0n) is 21.4. The number of allylic oxidation sites excluding steroid dienone is 4. The Labute approximate surface area is 220 Å². The first-order valence-electron chi connectivity index (χ1n) is 12.9. The van der Waals surface area contributed by atoms with Crippen LogP contribution in [0.3, 0.4) is 0 Å². The minimum atomic E-state index is -2.18. The number of aliphatic hydroxyl groups is 1. The SMILES string of the molecule is CSCC(=O)C1C(CN(O)Cc2ccoc2)CC2C3CC(F)C4=CC(=O)C=CC4(C)C3(F)C(O)CC21C. The largest absolute Gasteiger partial charge is 0.472 e. The van der Waals surface area contributed by atoms with Crippen molar-refractivity contribution in [3.05, 3.63) is 48.0 Å². The molecule has 9 atom stereocenters. The maximum Gasteiger partial charge on any atom is 0.178 e. The summed E-state index contributed by atoms with van der Waals surface area (Å²) in [5, 5.41) is 23.4. The molecule has 2 N–H and O–H groups in total. The van der Waals surface area contributed by atoms with Crippen LogP contribution in [0.2, 0.25) is 0 Å². The molecule has 4 aliphatic rings. The number of fused-ring (bicyclic) bond motifs is 5. The third-order valence-corrected chi connectivity index (χ3v) is 10.4. The fraction of sp³-hybridized carbons (Fsp3) is 0.643. The second-order valence-corrected chi connectivity index (χ2v) is 12.7. The number of hydrogen-bond acceptors (Lipinski definition) is 7. The van der Waals surface area contributed by atoms with Crippen molar-refractivity contribution < 1.29 is 33.1 Å². The quantitative estimate of drug-likeness (QED) is 0.495. The fourth-order valence-electron chi connectivity index (χ4n) is 8.36. The monoisotopic (exact) mass is 535 g/mol. The number of Topliss-reactive ketones (excluding diaryl/α,β-unsaturated/α-hetero) is 1. The first-order chi connectivity index (χ1) is 17.5. The number of carbonyl (C=O) groups is 2. The van der Waals surface area contributed by atoms with Crippen LogP contribution in [0.15, 0.2) is 46.8 Å². The van der Waals surface area contributed by atoms with Gasteiger partial charge >= 0.3 is 0 Å². The van der Waals surface area contributed by atoms with Gasteiger partial charge in [-0.2, -0.15) is 16.8 Å². The number of ketones is 2. The minimum Gasteiger partial charge on any atom is -0.472 e. The van der Waals surface area contributed by atoms with Gasteiger partial charge in [-0.1, -0.05) is 13.0 Å². The van der Waals surface area contributed by atoms with Gasteiger partial charge in [0.25, 0.3) is 0 Å². The number of thioether (sulfide) groups is 1. The van der Waals surface area contributed by atoms with Crippen LogP contribution in [0.1, 0.15) is 38.7 Å². The maximum atomic E-state index is 17.4. The Kier molecular flexibility index (Phi) is 6.83. The number of aliphatic hydroxyl groups excluding tert-OH is 1. The van der Waals surface area contributed by atoms with E-state index in [1.807, 2.05) is 13.2 Å². The molecule has 1 aromatic heterocycles. The Balaban J connectivity index is 1.52. The number of alkyl halides is 2. The van der Waals surface area contributed by atoms with Crippen molar-refractivity contribution in [1.82, 2.24) is 5.06 Å². The van der Waals surface area contributed by atoms with Crippen molar-refractivity contribution in [1.29, 1.82) is 0 Å². The molecule has 4 aliphatic carbocycles. The highest BCUT2D eigenvalue weighted by molar-refractivity contribution is 7.99. The number of nitrogens with zero attached hydrogens (tertiary/aromatic N) is 1. The third-order valence-electron chi connectivity index (χ3n) is 9.83. The van der Waals surface area contributed by atoms with E-state index >= 15 is 8.78 Å². The van der Waals surface area contributed by atoms with E-state index in [0.29, 0.717) is 6.42 Å². The van der Waals surface area contributed by atoms with Crippen molar-refractivity contribution in [3.63, 3.8) is 0 Å². The van der Waals surface area contributed by atoms with Gasteiger partial charge in [-0.15, -0.1) is 0 Å². The maximum absolute atomic E-state index is 17.4. The second-order valence-electron chi connectivity index (χ2n) is 11.8. The number of furan rings is 1. The van der Waals surface area contributed by atoms with E-state index < -0.39 is 40.6 Å². The van der Waals surface area contributed by atoms with Crippen LogP contribution in [-0.4, -0.2) is 63.4 Å². The van der Waals surface area contributed by atoms with Crippen LogP contribution >= 0.6 is 11.8 Å². The molecule has 1 heterocycles. The molecule has 0 spiro atoms. The smallest absolute Gasteiger partial charge is 0.178 e. The summed E-state index contributed by atoms with van der Waals surface area (Å²) >= 11 is 1.41. The summed E-state index contributed by atoms with van der Waals surface area (Å²) in [6, 6.07) is 1.75. The Morgan fingerprint density at radius 1 is 1.30 bits per heavy atom. The molecule has 3 fully saturated rings. The van der Waals surface area contributed by atoms with Crippen LogP contribution in [-0.2, 0) is 16.1 Å². The average Bonchev–Trinajstić information content (AvgIpc) is 3.43. The molecule has 0 radical (unpaired) electrons. The first kappa shape index (κ1) is 26.8. The van der Waals surface area contributed by atoms with Crippen LogP contribution < -0.4 is 0 Å². The number of hydroxylamine groups is 2. The minimum absolute atomic E-state index is 0.0142. The highest BCUT2D eigenvalue weighted by Gasteiger charge is 2.73. The first-order valence-corrected chi connectivity index (χ1v) is 14.3. The molecule has 9 heteroatoms. The summed E-state index contributed by atoms with van der Waals surface area (Å²) < 4.78 is 38.1. The molecule has 0 saturated heterocycles. The van der Waals surface area contributed by atoms with Crippen molar-refractivity contribution in [2.75, 3.05) is 18.6 Å². The van der Waals surface area contributed by atoms with Crippen LogP contribution in [0, 0.1) is 34.5 Å². The Morgan fingerprint density at radius 2 is 2.05 bits per heavy atom. The van der Waals surface area contributed by atoms with Gasteiger partial charge in [-0.25, -0.2) is 8.78 Å². The van der Waals surface area contributed by atoms with E-state index in [9.17, 15) is 19.9 Å². The van der Waals surface area contributed by atoms with Gasteiger partial charge in [0, 0.05) is 29.4 Å². The molecule has 0 amide bonds. The van der Waals surface area contributed by atoms with Gasteiger partial charge in [-0.3, -0.25) is 9.59 Å². The number of carbonyl (C=O) groups excluding carboxylic acids is 2. The van der Waals surface area contributed by atoms with Crippen LogP contribution in [0.4, 0.5) is 8.78 Å². The summed E-state index contributed by atoms with van der Waals surface area (Å²) in [6.07, 6.45) is 6.19. The highest BCUT2D eigenvalue weighted by atomic mass is 32.2. The number of halogens is 2. The normalized spacial score (nSPS) is 42.8. The molecular formula is C28H35F2NO5S. The summed E-state index contributed by atoms with van der Waals surface area (Å²) in [5.41, 5.74) is -3.51. The van der Waals surface area contributed by atoms with Gasteiger partial charge < -0.3 is 14.7 Å². The number of rotatable bonds is 7.